The van der Waals surface area contributed by atoms with Gasteiger partial charge >= 0.3 is 0 Å². The Morgan fingerprint density at radius 2 is 1.68 bits per heavy atom. The van der Waals surface area contributed by atoms with Crippen molar-refractivity contribution in [3.8, 4) is 11.5 Å². The van der Waals surface area contributed by atoms with E-state index in [1.807, 2.05) is 0 Å². The van der Waals surface area contributed by atoms with Crippen LogP contribution < -0.4 is 15.2 Å². The Bertz CT molecular complexity index is 523. The topological polar surface area (TPSA) is 44.5 Å². The molecule has 102 valence electrons. The average Bonchev–Trinajstić information content (AvgIpc) is 2.85. The lowest BCUT2D eigenvalue weighted by molar-refractivity contribution is 0.347. The third-order valence-corrected chi connectivity index (χ3v) is 5.23. The number of fused-ring (bicyclic) bond motifs is 2. The normalized spacial score (nSPS) is 23.3. The Morgan fingerprint density at radius 3 is 2.32 bits per heavy atom. The van der Waals surface area contributed by atoms with E-state index in [0.717, 1.165) is 37.6 Å². The summed E-state index contributed by atoms with van der Waals surface area (Å²) in [6, 6.07) is 0.188. The van der Waals surface area contributed by atoms with Crippen LogP contribution in [0.15, 0.2) is 0 Å². The Kier molecular flexibility index (Phi) is 2.23. The van der Waals surface area contributed by atoms with Gasteiger partial charge in [-0.05, 0) is 32.3 Å². The molecule has 3 aliphatic rings. The molecule has 0 spiro atoms. The first-order valence-corrected chi connectivity index (χ1v) is 7.35. The molecule has 1 fully saturated rings. The largest absolute Gasteiger partial charge is 0.493 e. The quantitative estimate of drug-likeness (QED) is 0.886. The third-order valence-electron chi connectivity index (χ3n) is 5.23. The molecular formula is C16H21NO2. The van der Waals surface area contributed by atoms with Crippen LogP contribution in [0, 0.1) is 6.92 Å². The summed E-state index contributed by atoms with van der Waals surface area (Å²) in [7, 11) is 0. The summed E-state index contributed by atoms with van der Waals surface area (Å²) >= 11 is 0. The molecule has 0 aromatic heterocycles. The van der Waals surface area contributed by atoms with Gasteiger partial charge in [-0.25, -0.2) is 0 Å². The van der Waals surface area contributed by atoms with E-state index in [0.29, 0.717) is 0 Å². The molecular weight excluding hydrogens is 238 g/mol. The summed E-state index contributed by atoms with van der Waals surface area (Å²) in [4.78, 5) is 0. The summed E-state index contributed by atoms with van der Waals surface area (Å²) in [6.07, 6.45) is 4.41. The first kappa shape index (κ1) is 11.6. The van der Waals surface area contributed by atoms with Gasteiger partial charge in [0, 0.05) is 41.0 Å². The van der Waals surface area contributed by atoms with Gasteiger partial charge in [-0.2, -0.15) is 0 Å². The molecule has 2 N–H and O–H groups in total. The van der Waals surface area contributed by atoms with Crippen LogP contribution in [0.25, 0.3) is 0 Å². The van der Waals surface area contributed by atoms with Crippen LogP contribution in [0.2, 0.25) is 0 Å². The number of ether oxygens (including phenoxy) is 2. The smallest absolute Gasteiger partial charge is 0.127 e. The monoisotopic (exact) mass is 259 g/mol. The third kappa shape index (κ3) is 1.37. The lowest BCUT2D eigenvalue weighted by Crippen LogP contribution is -2.32. The van der Waals surface area contributed by atoms with Crippen molar-refractivity contribution in [3.63, 3.8) is 0 Å². The van der Waals surface area contributed by atoms with Crippen LogP contribution in [0.3, 0.4) is 0 Å². The molecule has 0 amide bonds. The maximum absolute atomic E-state index is 6.29. The highest BCUT2D eigenvalue weighted by molar-refractivity contribution is 5.65. The van der Waals surface area contributed by atoms with E-state index in [9.17, 15) is 0 Å². The fourth-order valence-corrected chi connectivity index (χ4v) is 3.93. The van der Waals surface area contributed by atoms with E-state index < -0.39 is 0 Å². The minimum Gasteiger partial charge on any atom is -0.493 e. The fraction of sp³-hybridized carbons (Fsp3) is 0.625. The molecule has 0 saturated heterocycles. The summed E-state index contributed by atoms with van der Waals surface area (Å²) in [6.45, 7) is 5.92. The lowest BCUT2D eigenvalue weighted by Gasteiger charge is -2.26. The van der Waals surface area contributed by atoms with Crippen molar-refractivity contribution in [1.82, 2.24) is 0 Å². The van der Waals surface area contributed by atoms with Gasteiger partial charge in [0.1, 0.15) is 11.5 Å². The number of nitrogens with two attached hydrogens (primary N) is 1. The Morgan fingerprint density at radius 1 is 1.05 bits per heavy atom. The highest BCUT2D eigenvalue weighted by Gasteiger charge is 2.52. The lowest BCUT2D eigenvalue weighted by atomic mass is 9.82. The van der Waals surface area contributed by atoms with Crippen molar-refractivity contribution >= 4 is 0 Å². The number of benzene rings is 1. The molecule has 0 radical (unpaired) electrons. The van der Waals surface area contributed by atoms with Gasteiger partial charge < -0.3 is 15.2 Å². The van der Waals surface area contributed by atoms with Crippen molar-refractivity contribution in [2.24, 2.45) is 5.73 Å². The molecule has 1 unspecified atom stereocenters. The molecule has 1 aliphatic carbocycles. The molecule has 3 nitrogen and oxygen atoms in total. The Labute approximate surface area is 114 Å². The first-order chi connectivity index (χ1) is 9.15. The van der Waals surface area contributed by atoms with Crippen molar-refractivity contribution in [1.29, 1.82) is 0 Å². The zero-order chi connectivity index (χ0) is 13.2. The number of hydrogen-bond donors (Lipinski definition) is 1. The van der Waals surface area contributed by atoms with Gasteiger partial charge in [0.2, 0.25) is 0 Å². The molecule has 2 heterocycles. The Hall–Kier alpha value is -1.22. The van der Waals surface area contributed by atoms with Crippen LogP contribution in [0.1, 0.15) is 42.0 Å². The highest BCUT2D eigenvalue weighted by Crippen LogP contribution is 2.58. The fourth-order valence-electron chi connectivity index (χ4n) is 3.93. The molecule has 1 atom stereocenters. The average molecular weight is 259 g/mol. The van der Waals surface area contributed by atoms with Gasteiger partial charge in [0.05, 0.1) is 13.2 Å². The van der Waals surface area contributed by atoms with E-state index in [2.05, 4.69) is 13.8 Å². The van der Waals surface area contributed by atoms with E-state index in [-0.39, 0.29) is 11.5 Å². The molecule has 0 bridgehead atoms. The Balaban J connectivity index is 2.01. The zero-order valence-corrected chi connectivity index (χ0v) is 11.7. The van der Waals surface area contributed by atoms with Gasteiger partial charge in [-0.3, -0.25) is 0 Å². The second-order valence-electron chi connectivity index (χ2n) is 6.26. The number of rotatable bonds is 2. The number of hydrogen-bond acceptors (Lipinski definition) is 3. The second kappa shape index (κ2) is 3.66. The van der Waals surface area contributed by atoms with Crippen molar-refractivity contribution < 1.29 is 9.47 Å². The molecule has 1 saturated carbocycles. The molecule has 1 aromatic rings. The maximum Gasteiger partial charge on any atom is 0.127 e. The first-order valence-electron chi connectivity index (χ1n) is 7.35. The predicted molar refractivity (Wildman–Crippen MR) is 74.1 cm³/mol. The van der Waals surface area contributed by atoms with E-state index in [4.69, 9.17) is 15.2 Å². The van der Waals surface area contributed by atoms with Crippen molar-refractivity contribution in [3.05, 3.63) is 22.3 Å². The van der Waals surface area contributed by atoms with Crippen LogP contribution in [0.4, 0.5) is 0 Å². The molecule has 19 heavy (non-hydrogen) atoms. The van der Waals surface area contributed by atoms with Crippen molar-refractivity contribution in [2.45, 2.75) is 51.0 Å². The summed E-state index contributed by atoms with van der Waals surface area (Å²) in [5.41, 5.74) is 11.9. The zero-order valence-electron chi connectivity index (χ0n) is 11.7. The van der Waals surface area contributed by atoms with Gasteiger partial charge in [-0.1, -0.05) is 0 Å². The standard InChI is InChI=1S/C16H21NO2/c1-9-11-3-7-19-15(11)13(12-4-8-18-14(9)12)16(5-6-16)10(2)17/h10H,3-8,17H2,1-2H3. The van der Waals surface area contributed by atoms with Crippen LogP contribution in [-0.2, 0) is 18.3 Å². The minimum absolute atomic E-state index is 0.153. The van der Waals surface area contributed by atoms with E-state index >= 15 is 0 Å². The maximum atomic E-state index is 6.29. The van der Waals surface area contributed by atoms with Gasteiger partial charge in [-0.15, -0.1) is 0 Å². The van der Waals surface area contributed by atoms with Crippen LogP contribution >= 0.6 is 0 Å². The molecule has 4 rings (SSSR count). The van der Waals surface area contributed by atoms with Crippen molar-refractivity contribution in [2.75, 3.05) is 13.2 Å². The summed E-state index contributed by atoms with van der Waals surface area (Å²) in [5.74, 6) is 2.28. The van der Waals surface area contributed by atoms with Gasteiger partial charge in [0.25, 0.3) is 0 Å². The molecule has 1 aromatic carbocycles. The van der Waals surface area contributed by atoms with Crippen LogP contribution in [0.5, 0.6) is 11.5 Å². The summed E-state index contributed by atoms with van der Waals surface area (Å²) in [5, 5.41) is 0. The predicted octanol–water partition coefficient (Wildman–Crippen LogP) is 2.24. The minimum atomic E-state index is 0.153. The SMILES string of the molecule is Cc1c2c(c(C3(C(C)N)CC3)c3c1OCC3)OCC2. The summed E-state index contributed by atoms with van der Waals surface area (Å²) < 4.78 is 11.9. The molecule has 2 aliphatic heterocycles. The van der Waals surface area contributed by atoms with E-state index in [1.54, 1.807) is 0 Å². The molecule has 3 heteroatoms. The second-order valence-corrected chi connectivity index (χ2v) is 6.26. The highest BCUT2D eigenvalue weighted by atomic mass is 16.5. The van der Waals surface area contributed by atoms with Gasteiger partial charge in [0.15, 0.2) is 0 Å². The van der Waals surface area contributed by atoms with E-state index in [1.165, 1.54) is 35.1 Å². The van der Waals surface area contributed by atoms with Crippen LogP contribution in [-0.4, -0.2) is 19.3 Å².